The summed E-state index contributed by atoms with van der Waals surface area (Å²) in [5, 5.41) is 5.26. The van der Waals surface area contributed by atoms with Crippen molar-refractivity contribution in [3.8, 4) is 0 Å². The monoisotopic (exact) mass is 338 g/mol. The van der Waals surface area contributed by atoms with Crippen molar-refractivity contribution in [3.63, 3.8) is 0 Å². The summed E-state index contributed by atoms with van der Waals surface area (Å²) < 4.78 is 0. The van der Waals surface area contributed by atoms with Gasteiger partial charge in [0.1, 0.15) is 0 Å². The molecule has 0 aromatic heterocycles. The van der Waals surface area contributed by atoms with Crippen molar-refractivity contribution in [3.05, 3.63) is 65.2 Å². The van der Waals surface area contributed by atoms with Gasteiger partial charge in [0.25, 0.3) is 0 Å². The first-order valence-corrected chi connectivity index (χ1v) is 8.64. The molecule has 2 aromatic rings. The van der Waals surface area contributed by atoms with E-state index in [0.717, 1.165) is 5.56 Å². The van der Waals surface area contributed by atoms with E-state index in [1.807, 2.05) is 48.5 Å². The summed E-state index contributed by atoms with van der Waals surface area (Å²) in [6, 6.07) is 15.6. The average Bonchev–Trinajstić information content (AvgIpc) is 2.60. The van der Waals surface area contributed by atoms with Crippen LogP contribution in [-0.4, -0.2) is 11.8 Å². The van der Waals surface area contributed by atoms with Crippen molar-refractivity contribution in [1.82, 2.24) is 5.32 Å². The molecule has 0 atom stereocenters. The molecule has 0 aliphatic carbocycles. The van der Waals surface area contributed by atoms with Crippen LogP contribution in [0.2, 0.25) is 0 Å². The molecule has 0 heterocycles. The van der Waals surface area contributed by atoms with Crippen molar-refractivity contribution in [2.45, 2.75) is 46.1 Å². The van der Waals surface area contributed by atoms with Gasteiger partial charge in [0.2, 0.25) is 0 Å². The van der Waals surface area contributed by atoms with E-state index in [1.54, 1.807) is 0 Å². The number of benzene rings is 2. The standard InChI is InChI=1S/C21H26N2O2/c1-14(2)17-7-5-16(6-8-17)13-22-20(24)21(25)23-19-11-9-18(10-12-19)15(3)4/h5-12,14-15H,13H2,1-4H3,(H,22,24)(H,23,25). The van der Waals surface area contributed by atoms with Gasteiger partial charge in [-0.1, -0.05) is 64.1 Å². The third kappa shape index (κ3) is 5.45. The topological polar surface area (TPSA) is 58.2 Å². The van der Waals surface area contributed by atoms with Crippen molar-refractivity contribution < 1.29 is 9.59 Å². The normalized spacial score (nSPS) is 10.8. The van der Waals surface area contributed by atoms with Crippen molar-refractivity contribution in [2.75, 3.05) is 5.32 Å². The molecule has 132 valence electrons. The summed E-state index contributed by atoms with van der Waals surface area (Å²) >= 11 is 0. The van der Waals surface area contributed by atoms with Gasteiger partial charge in [0.05, 0.1) is 0 Å². The van der Waals surface area contributed by atoms with Crippen LogP contribution in [0.5, 0.6) is 0 Å². The van der Waals surface area contributed by atoms with Gasteiger partial charge in [-0.2, -0.15) is 0 Å². The Hall–Kier alpha value is -2.62. The van der Waals surface area contributed by atoms with Gasteiger partial charge in [0.15, 0.2) is 0 Å². The predicted molar refractivity (Wildman–Crippen MR) is 102 cm³/mol. The fourth-order valence-corrected chi connectivity index (χ4v) is 2.42. The smallest absolute Gasteiger partial charge is 0.313 e. The maximum atomic E-state index is 12.0. The van der Waals surface area contributed by atoms with Crippen LogP contribution in [-0.2, 0) is 16.1 Å². The summed E-state index contributed by atoms with van der Waals surface area (Å²) in [4.78, 5) is 23.9. The third-order valence-corrected chi connectivity index (χ3v) is 4.14. The molecule has 2 aromatic carbocycles. The summed E-state index contributed by atoms with van der Waals surface area (Å²) in [5.41, 5.74) is 4.02. The van der Waals surface area contributed by atoms with Gasteiger partial charge < -0.3 is 10.6 Å². The number of hydrogen-bond acceptors (Lipinski definition) is 2. The molecule has 4 nitrogen and oxygen atoms in total. The maximum absolute atomic E-state index is 12.0. The highest BCUT2D eigenvalue weighted by molar-refractivity contribution is 6.39. The van der Waals surface area contributed by atoms with E-state index in [2.05, 4.69) is 38.3 Å². The predicted octanol–water partition coefficient (Wildman–Crippen LogP) is 4.19. The van der Waals surface area contributed by atoms with Gasteiger partial charge in [-0.15, -0.1) is 0 Å². The third-order valence-electron chi connectivity index (χ3n) is 4.14. The average molecular weight is 338 g/mol. The minimum atomic E-state index is -0.656. The molecule has 0 saturated carbocycles. The maximum Gasteiger partial charge on any atom is 0.313 e. The van der Waals surface area contributed by atoms with E-state index in [1.165, 1.54) is 11.1 Å². The Morgan fingerprint density at radius 3 is 1.72 bits per heavy atom. The van der Waals surface area contributed by atoms with Crippen LogP contribution in [0, 0.1) is 0 Å². The molecule has 2 rings (SSSR count). The zero-order valence-corrected chi connectivity index (χ0v) is 15.3. The van der Waals surface area contributed by atoms with Crippen molar-refractivity contribution in [1.29, 1.82) is 0 Å². The molecule has 0 unspecified atom stereocenters. The second-order valence-electron chi connectivity index (χ2n) is 6.81. The molecule has 4 heteroatoms. The molecule has 0 aliphatic heterocycles. The fourth-order valence-electron chi connectivity index (χ4n) is 2.42. The summed E-state index contributed by atoms with van der Waals surface area (Å²) in [6.45, 7) is 8.81. The van der Waals surface area contributed by atoms with E-state index in [4.69, 9.17) is 0 Å². The molecule has 0 fully saturated rings. The largest absolute Gasteiger partial charge is 0.344 e. The molecule has 2 amide bonds. The number of nitrogens with one attached hydrogen (secondary N) is 2. The molecule has 0 spiro atoms. The highest BCUT2D eigenvalue weighted by Crippen LogP contribution is 2.17. The molecule has 0 bridgehead atoms. The van der Waals surface area contributed by atoms with Crippen LogP contribution in [0.3, 0.4) is 0 Å². The van der Waals surface area contributed by atoms with Crippen LogP contribution in [0.4, 0.5) is 5.69 Å². The zero-order valence-electron chi connectivity index (χ0n) is 15.3. The Morgan fingerprint density at radius 1 is 0.760 bits per heavy atom. The highest BCUT2D eigenvalue weighted by atomic mass is 16.2. The lowest BCUT2D eigenvalue weighted by atomic mass is 10.0. The second kappa shape index (κ2) is 8.47. The van der Waals surface area contributed by atoms with Gasteiger partial charge in [0, 0.05) is 12.2 Å². The number of carbonyl (C=O) groups is 2. The Morgan fingerprint density at radius 2 is 1.24 bits per heavy atom. The summed E-state index contributed by atoms with van der Waals surface area (Å²) in [6.07, 6.45) is 0. The fraction of sp³-hybridized carbons (Fsp3) is 0.333. The first-order chi connectivity index (χ1) is 11.9. The first-order valence-electron chi connectivity index (χ1n) is 8.64. The van der Waals surface area contributed by atoms with Crippen LogP contribution in [0.25, 0.3) is 0 Å². The Labute approximate surface area is 149 Å². The molecular weight excluding hydrogens is 312 g/mol. The Bertz CT molecular complexity index is 717. The molecule has 2 N–H and O–H groups in total. The van der Waals surface area contributed by atoms with E-state index in [9.17, 15) is 9.59 Å². The Balaban J connectivity index is 1.86. The zero-order chi connectivity index (χ0) is 18.4. The van der Waals surface area contributed by atoms with Crippen molar-refractivity contribution in [2.24, 2.45) is 0 Å². The number of carbonyl (C=O) groups excluding carboxylic acids is 2. The first kappa shape index (κ1) is 18.7. The van der Waals surface area contributed by atoms with Crippen LogP contribution >= 0.6 is 0 Å². The lowest BCUT2D eigenvalue weighted by Gasteiger charge is -2.10. The van der Waals surface area contributed by atoms with Gasteiger partial charge in [-0.3, -0.25) is 9.59 Å². The molecule has 0 aliphatic rings. The van der Waals surface area contributed by atoms with E-state index in [-0.39, 0.29) is 0 Å². The van der Waals surface area contributed by atoms with E-state index >= 15 is 0 Å². The van der Waals surface area contributed by atoms with E-state index < -0.39 is 11.8 Å². The number of amides is 2. The molecule has 0 saturated heterocycles. The quantitative estimate of drug-likeness (QED) is 0.803. The summed E-state index contributed by atoms with van der Waals surface area (Å²) in [5.74, 6) is -0.399. The van der Waals surface area contributed by atoms with Gasteiger partial charge >= 0.3 is 11.8 Å². The number of anilines is 1. The Kier molecular flexibility index (Phi) is 6.34. The summed E-state index contributed by atoms with van der Waals surface area (Å²) in [7, 11) is 0. The SMILES string of the molecule is CC(C)c1ccc(CNC(=O)C(=O)Nc2ccc(C(C)C)cc2)cc1. The minimum absolute atomic E-state index is 0.330. The lowest BCUT2D eigenvalue weighted by molar-refractivity contribution is -0.136. The molecule has 25 heavy (non-hydrogen) atoms. The van der Waals surface area contributed by atoms with Crippen LogP contribution < -0.4 is 10.6 Å². The van der Waals surface area contributed by atoms with Crippen LogP contribution in [0.1, 0.15) is 56.2 Å². The lowest BCUT2D eigenvalue weighted by Crippen LogP contribution is -2.34. The number of hydrogen-bond donors (Lipinski definition) is 2. The van der Waals surface area contributed by atoms with Gasteiger partial charge in [-0.25, -0.2) is 0 Å². The minimum Gasteiger partial charge on any atom is -0.344 e. The molecule has 0 radical (unpaired) electrons. The second-order valence-corrected chi connectivity index (χ2v) is 6.81. The number of rotatable bonds is 5. The van der Waals surface area contributed by atoms with E-state index in [0.29, 0.717) is 24.1 Å². The van der Waals surface area contributed by atoms with Gasteiger partial charge in [-0.05, 0) is 40.7 Å². The van der Waals surface area contributed by atoms with Crippen molar-refractivity contribution >= 4 is 17.5 Å². The molecular formula is C21H26N2O2. The van der Waals surface area contributed by atoms with Crippen LogP contribution in [0.15, 0.2) is 48.5 Å². The highest BCUT2D eigenvalue weighted by Gasteiger charge is 2.13.